The minimum Gasteiger partial charge on any atom is -0.355 e. The van der Waals surface area contributed by atoms with Gasteiger partial charge in [0.25, 0.3) is 5.91 Å². The molecule has 1 amide bonds. The Morgan fingerprint density at radius 1 is 1.15 bits per heavy atom. The van der Waals surface area contributed by atoms with Gasteiger partial charge < -0.3 is 16.0 Å². The summed E-state index contributed by atoms with van der Waals surface area (Å²) in [4.78, 5) is 20.3. The lowest BCUT2D eigenvalue weighted by Crippen LogP contribution is -2.36. The summed E-state index contributed by atoms with van der Waals surface area (Å²) in [7, 11) is 0. The molecule has 0 saturated carbocycles. The number of allylic oxidation sites excluding steroid dienone is 1. The third-order valence-corrected chi connectivity index (χ3v) is 7.30. The molecule has 0 radical (unpaired) electrons. The van der Waals surface area contributed by atoms with Gasteiger partial charge in [-0.25, -0.2) is 4.98 Å². The molecular weight excluding hydrogens is 475 g/mol. The molecule has 1 aliphatic heterocycles. The normalized spacial score (nSPS) is 15.8. The van der Waals surface area contributed by atoms with Crippen molar-refractivity contribution in [3.05, 3.63) is 74.5 Å². The molecule has 0 bridgehead atoms. The van der Waals surface area contributed by atoms with Crippen LogP contribution in [0.3, 0.4) is 0 Å². The van der Waals surface area contributed by atoms with E-state index < -0.39 is 0 Å². The standard InChI is InChI=1S/C25H32Cl2N4OS/c1-4-5-6-13-29-25(32)24-22(16(2)3)31(15-33-24)23(17-7-10-19(26)11-8-17)21(28)18-9-12-20(27)30-14-18/h7-12,14,16,21,23H,4-6,13,15,28H2,1-3H3,(H,29,32)/t21-,23+/m0/s1. The fourth-order valence-corrected chi connectivity index (χ4v) is 5.59. The Labute approximate surface area is 211 Å². The Morgan fingerprint density at radius 3 is 2.45 bits per heavy atom. The Kier molecular flexibility index (Phi) is 9.50. The van der Waals surface area contributed by atoms with E-state index in [-0.39, 0.29) is 23.9 Å². The highest BCUT2D eigenvalue weighted by Crippen LogP contribution is 2.45. The number of hydrogen-bond acceptors (Lipinski definition) is 5. The molecule has 0 spiro atoms. The average Bonchev–Trinajstić information content (AvgIpc) is 3.23. The zero-order valence-corrected chi connectivity index (χ0v) is 21.7. The number of hydrogen-bond donors (Lipinski definition) is 2. The van der Waals surface area contributed by atoms with Crippen molar-refractivity contribution in [1.82, 2.24) is 15.2 Å². The van der Waals surface area contributed by atoms with Crippen molar-refractivity contribution in [2.24, 2.45) is 11.7 Å². The van der Waals surface area contributed by atoms with E-state index in [1.54, 1.807) is 24.0 Å². The predicted octanol–water partition coefficient (Wildman–Crippen LogP) is 6.31. The molecule has 2 heterocycles. The first kappa shape index (κ1) is 25.9. The molecular formula is C25H32Cl2N4OS. The van der Waals surface area contributed by atoms with Crippen molar-refractivity contribution in [3.63, 3.8) is 0 Å². The molecule has 5 nitrogen and oxygen atoms in total. The van der Waals surface area contributed by atoms with Crippen LogP contribution in [-0.2, 0) is 4.79 Å². The number of nitrogens with one attached hydrogen (secondary N) is 1. The summed E-state index contributed by atoms with van der Waals surface area (Å²) in [6.45, 7) is 7.08. The van der Waals surface area contributed by atoms with E-state index in [0.717, 1.165) is 41.0 Å². The first-order chi connectivity index (χ1) is 15.8. The van der Waals surface area contributed by atoms with Crippen molar-refractivity contribution < 1.29 is 4.79 Å². The minimum atomic E-state index is -0.378. The van der Waals surface area contributed by atoms with E-state index in [1.807, 2.05) is 30.3 Å². The van der Waals surface area contributed by atoms with Crippen LogP contribution in [0.15, 0.2) is 53.2 Å². The van der Waals surface area contributed by atoms with Crippen LogP contribution in [0.1, 0.15) is 63.2 Å². The largest absolute Gasteiger partial charge is 0.355 e. The molecule has 3 rings (SSSR count). The Bertz CT molecular complexity index is 963. The number of carbonyl (C=O) groups is 1. The van der Waals surface area contributed by atoms with Crippen LogP contribution in [0.25, 0.3) is 0 Å². The van der Waals surface area contributed by atoms with Crippen molar-refractivity contribution in [1.29, 1.82) is 0 Å². The van der Waals surface area contributed by atoms with Gasteiger partial charge in [0, 0.05) is 23.5 Å². The highest BCUT2D eigenvalue weighted by Gasteiger charge is 2.37. The van der Waals surface area contributed by atoms with Crippen molar-refractivity contribution in [2.75, 3.05) is 12.4 Å². The summed E-state index contributed by atoms with van der Waals surface area (Å²) in [5, 5.41) is 4.20. The predicted molar refractivity (Wildman–Crippen MR) is 139 cm³/mol. The number of benzene rings is 1. The molecule has 2 atom stereocenters. The second-order valence-corrected chi connectivity index (χ2v) is 10.3. The number of amides is 1. The van der Waals surface area contributed by atoms with Crippen molar-refractivity contribution >= 4 is 40.9 Å². The number of aromatic nitrogens is 1. The topological polar surface area (TPSA) is 71.2 Å². The van der Waals surface area contributed by atoms with Crippen LogP contribution in [0.4, 0.5) is 0 Å². The van der Waals surface area contributed by atoms with E-state index >= 15 is 0 Å². The molecule has 0 unspecified atom stereocenters. The van der Waals surface area contributed by atoms with Gasteiger partial charge in [-0.15, -0.1) is 0 Å². The third-order valence-electron chi connectivity index (χ3n) is 5.73. The first-order valence-electron chi connectivity index (χ1n) is 11.4. The van der Waals surface area contributed by atoms with Crippen LogP contribution in [-0.4, -0.2) is 28.2 Å². The molecule has 0 aliphatic carbocycles. The number of carbonyl (C=O) groups excluding carboxylic acids is 1. The SMILES string of the molecule is CCCCCNC(=O)C1=C(C(C)C)N([C@H](c2ccc(Cl)cc2)[C@@H](N)c2ccc(Cl)nc2)CS1. The van der Waals surface area contributed by atoms with E-state index in [2.05, 4.69) is 36.0 Å². The van der Waals surface area contributed by atoms with E-state index in [1.165, 1.54) is 0 Å². The number of rotatable bonds is 10. The van der Waals surface area contributed by atoms with Gasteiger partial charge in [0.1, 0.15) is 5.15 Å². The molecule has 0 saturated heterocycles. The zero-order valence-electron chi connectivity index (χ0n) is 19.4. The summed E-state index contributed by atoms with van der Waals surface area (Å²) < 4.78 is 0. The minimum absolute atomic E-state index is 0.00103. The molecule has 2 aromatic rings. The average molecular weight is 508 g/mol. The maximum Gasteiger partial charge on any atom is 0.259 e. The smallest absolute Gasteiger partial charge is 0.259 e. The molecule has 1 aromatic heterocycles. The van der Waals surface area contributed by atoms with Crippen LogP contribution in [0, 0.1) is 5.92 Å². The number of nitrogens with two attached hydrogens (primary N) is 1. The van der Waals surface area contributed by atoms with Gasteiger partial charge in [0.15, 0.2) is 0 Å². The van der Waals surface area contributed by atoms with Gasteiger partial charge in [-0.3, -0.25) is 4.79 Å². The summed E-state index contributed by atoms with van der Waals surface area (Å²) in [6, 6.07) is 10.8. The molecule has 1 aromatic carbocycles. The lowest BCUT2D eigenvalue weighted by atomic mass is 9.92. The van der Waals surface area contributed by atoms with Gasteiger partial charge in [-0.1, -0.05) is 86.8 Å². The van der Waals surface area contributed by atoms with Gasteiger partial charge in [-0.2, -0.15) is 0 Å². The maximum absolute atomic E-state index is 13.1. The third kappa shape index (κ3) is 6.44. The first-order valence-corrected chi connectivity index (χ1v) is 13.1. The van der Waals surface area contributed by atoms with Gasteiger partial charge in [0.05, 0.1) is 22.9 Å². The highest BCUT2D eigenvalue weighted by atomic mass is 35.5. The van der Waals surface area contributed by atoms with Crippen molar-refractivity contribution in [3.8, 4) is 0 Å². The molecule has 33 heavy (non-hydrogen) atoms. The molecule has 178 valence electrons. The molecule has 1 aliphatic rings. The molecule has 8 heteroatoms. The van der Waals surface area contributed by atoms with Gasteiger partial charge >= 0.3 is 0 Å². The van der Waals surface area contributed by atoms with Crippen LogP contribution < -0.4 is 11.1 Å². The van der Waals surface area contributed by atoms with Gasteiger partial charge in [-0.05, 0) is 41.7 Å². The summed E-state index contributed by atoms with van der Waals surface area (Å²) in [5.41, 5.74) is 9.78. The Balaban J connectivity index is 1.97. The Hall–Kier alpha value is -1.73. The molecule has 0 fully saturated rings. The van der Waals surface area contributed by atoms with Crippen LogP contribution in [0.5, 0.6) is 0 Å². The summed E-state index contributed by atoms with van der Waals surface area (Å²) in [6.07, 6.45) is 4.94. The fourth-order valence-electron chi connectivity index (χ4n) is 4.08. The second-order valence-electron chi connectivity index (χ2n) is 8.51. The number of nitrogens with zero attached hydrogens (tertiary/aromatic N) is 2. The number of halogens is 2. The summed E-state index contributed by atoms with van der Waals surface area (Å²) in [5.74, 6) is 0.799. The lowest BCUT2D eigenvalue weighted by molar-refractivity contribution is -0.116. The monoisotopic (exact) mass is 506 g/mol. The molecule has 3 N–H and O–H groups in total. The van der Waals surface area contributed by atoms with E-state index in [4.69, 9.17) is 28.9 Å². The lowest BCUT2D eigenvalue weighted by Gasteiger charge is -2.37. The van der Waals surface area contributed by atoms with E-state index in [9.17, 15) is 4.79 Å². The van der Waals surface area contributed by atoms with E-state index in [0.29, 0.717) is 22.6 Å². The summed E-state index contributed by atoms with van der Waals surface area (Å²) >= 11 is 13.7. The quantitative estimate of drug-likeness (QED) is 0.291. The highest BCUT2D eigenvalue weighted by molar-refractivity contribution is 8.04. The Morgan fingerprint density at radius 2 is 1.85 bits per heavy atom. The maximum atomic E-state index is 13.1. The number of unbranched alkanes of at least 4 members (excludes halogenated alkanes) is 2. The van der Waals surface area contributed by atoms with Crippen molar-refractivity contribution in [2.45, 2.75) is 52.1 Å². The van der Waals surface area contributed by atoms with Crippen LogP contribution in [0.2, 0.25) is 10.2 Å². The van der Waals surface area contributed by atoms with Gasteiger partial charge in [0.2, 0.25) is 0 Å². The second kappa shape index (κ2) is 12.1. The number of thioether (sulfide) groups is 1. The fraction of sp³-hybridized carbons (Fsp3) is 0.440. The zero-order chi connectivity index (χ0) is 24.0. The number of pyridine rings is 1. The van der Waals surface area contributed by atoms with Crippen LogP contribution >= 0.6 is 35.0 Å².